The second-order valence-corrected chi connectivity index (χ2v) is 11.8. The molecule has 266 valence electrons. The summed E-state index contributed by atoms with van der Waals surface area (Å²) in [5.74, 6) is -12.5. The van der Waals surface area contributed by atoms with Crippen LogP contribution in [0.4, 0.5) is 22.0 Å². The van der Waals surface area contributed by atoms with Gasteiger partial charge in [-0.1, -0.05) is 121 Å². The summed E-state index contributed by atoms with van der Waals surface area (Å²) >= 11 is 0. The van der Waals surface area contributed by atoms with Crippen molar-refractivity contribution in [2.75, 3.05) is 6.61 Å². The molecular formula is C40H35F5O6. The Labute approximate surface area is 292 Å². The molecular weight excluding hydrogens is 671 g/mol. The first kappa shape index (κ1) is 36.2. The van der Waals surface area contributed by atoms with Gasteiger partial charge in [0.05, 0.1) is 33.0 Å². The zero-order chi connectivity index (χ0) is 35.6. The summed E-state index contributed by atoms with van der Waals surface area (Å²) in [5, 5.41) is 0. The number of hydrogen-bond donors (Lipinski definition) is 0. The van der Waals surface area contributed by atoms with Crippen LogP contribution in [0.3, 0.4) is 0 Å². The quantitative estimate of drug-likeness (QED) is 0.0619. The van der Waals surface area contributed by atoms with Gasteiger partial charge in [-0.15, -0.1) is 0 Å². The SMILES string of the molecule is Fc1c(F)c(F)c(O[C@@H]2O[C@H](COCc3ccccc3)[C@@H](OCc3ccccc3)[C@H](OCc3ccccc3)[C@H]2OCc2ccccc2)c(F)c1F. The first-order valence-electron chi connectivity index (χ1n) is 16.3. The van der Waals surface area contributed by atoms with Crippen LogP contribution in [0.2, 0.25) is 0 Å². The lowest BCUT2D eigenvalue weighted by atomic mass is 9.97. The predicted octanol–water partition coefficient (Wildman–Crippen LogP) is 8.46. The topological polar surface area (TPSA) is 55.4 Å². The van der Waals surface area contributed by atoms with Gasteiger partial charge in [0, 0.05) is 0 Å². The van der Waals surface area contributed by atoms with Crippen molar-refractivity contribution < 1.29 is 50.4 Å². The number of halogens is 5. The first-order valence-corrected chi connectivity index (χ1v) is 16.3. The van der Waals surface area contributed by atoms with E-state index in [0.29, 0.717) is 0 Å². The van der Waals surface area contributed by atoms with E-state index in [2.05, 4.69) is 0 Å². The third kappa shape index (κ3) is 9.18. The summed E-state index contributed by atoms with van der Waals surface area (Å²) in [6, 6.07) is 36.9. The van der Waals surface area contributed by atoms with Crippen LogP contribution in [0.5, 0.6) is 5.75 Å². The molecule has 0 bridgehead atoms. The summed E-state index contributed by atoms with van der Waals surface area (Å²) in [6.07, 6.45) is -6.08. The number of hydrogen-bond acceptors (Lipinski definition) is 6. The fourth-order valence-corrected chi connectivity index (χ4v) is 5.65. The summed E-state index contributed by atoms with van der Waals surface area (Å²) in [5.41, 5.74) is 3.22. The zero-order valence-corrected chi connectivity index (χ0v) is 27.3. The Morgan fingerprint density at radius 1 is 0.431 bits per heavy atom. The van der Waals surface area contributed by atoms with E-state index in [1.165, 1.54) is 0 Å². The van der Waals surface area contributed by atoms with Crippen molar-refractivity contribution in [3.05, 3.63) is 173 Å². The molecule has 0 aromatic heterocycles. The average molecular weight is 707 g/mol. The largest absolute Gasteiger partial charge is 0.456 e. The highest BCUT2D eigenvalue weighted by Crippen LogP contribution is 2.36. The van der Waals surface area contributed by atoms with Crippen molar-refractivity contribution in [2.45, 2.75) is 57.1 Å². The molecule has 0 amide bonds. The molecule has 1 heterocycles. The van der Waals surface area contributed by atoms with Gasteiger partial charge in [0.25, 0.3) is 0 Å². The lowest BCUT2D eigenvalue weighted by Gasteiger charge is -2.45. The predicted molar refractivity (Wildman–Crippen MR) is 177 cm³/mol. The van der Waals surface area contributed by atoms with Crippen LogP contribution < -0.4 is 4.74 Å². The van der Waals surface area contributed by atoms with Crippen molar-refractivity contribution in [3.8, 4) is 5.75 Å². The Kier molecular flexibility index (Phi) is 12.4. The Bertz CT molecular complexity index is 1790. The first-order chi connectivity index (χ1) is 24.9. The summed E-state index contributed by atoms with van der Waals surface area (Å²) in [6.45, 7) is 0.177. The van der Waals surface area contributed by atoms with Gasteiger partial charge >= 0.3 is 0 Å². The molecule has 6 rings (SSSR count). The molecule has 0 unspecified atom stereocenters. The molecule has 0 spiro atoms. The number of ether oxygens (including phenoxy) is 6. The maximum atomic E-state index is 15.1. The lowest BCUT2D eigenvalue weighted by Crippen LogP contribution is -2.62. The van der Waals surface area contributed by atoms with Gasteiger partial charge in [0.1, 0.15) is 24.4 Å². The van der Waals surface area contributed by atoms with E-state index in [1.807, 2.05) is 97.1 Å². The minimum Gasteiger partial charge on any atom is -0.456 e. The van der Waals surface area contributed by atoms with Crippen LogP contribution in [0, 0.1) is 29.1 Å². The molecule has 1 aliphatic rings. The highest BCUT2D eigenvalue weighted by atomic mass is 19.2. The van der Waals surface area contributed by atoms with Crippen LogP contribution in [-0.4, -0.2) is 37.3 Å². The van der Waals surface area contributed by atoms with Gasteiger partial charge in [-0.05, 0) is 22.3 Å². The van der Waals surface area contributed by atoms with Gasteiger partial charge in [-0.2, -0.15) is 8.78 Å². The Balaban J connectivity index is 1.38. The highest BCUT2D eigenvalue weighted by molar-refractivity contribution is 5.30. The van der Waals surface area contributed by atoms with Gasteiger partial charge in [-0.25, -0.2) is 13.2 Å². The molecule has 51 heavy (non-hydrogen) atoms. The van der Waals surface area contributed by atoms with Crippen molar-refractivity contribution >= 4 is 0 Å². The molecule has 0 radical (unpaired) electrons. The molecule has 6 nitrogen and oxygen atoms in total. The van der Waals surface area contributed by atoms with Crippen molar-refractivity contribution in [1.29, 1.82) is 0 Å². The maximum absolute atomic E-state index is 15.1. The van der Waals surface area contributed by atoms with Gasteiger partial charge < -0.3 is 28.4 Å². The van der Waals surface area contributed by atoms with Crippen LogP contribution in [0.25, 0.3) is 0 Å². The van der Waals surface area contributed by atoms with E-state index in [0.717, 1.165) is 22.3 Å². The van der Waals surface area contributed by atoms with Crippen LogP contribution in [0.1, 0.15) is 22.3 Å². The van der Waals surface area contributed by atoms with E-state index in [1.54, 1.807) is 24.3 Å². The smallest absolute Gasteiger partial charge is 0.229 e. The second kappa shape index (κ2) is 17.5. The van der Waals surface area contributed by atoms with E-state index >= 15 is 8.78 Å². The van der Waals surface area contributed by atoms with Crippen molar-refractivity contribution in [3.63, 3.8) is 0 Å². The van der Waals surface area contributed by atoms with E-state index in [-0.39, 0.29) is 33.0 Å². The fourth-order valence-electron chi connectivity index (χ4n) is 5.65. The summed E-state index contributed by atoms with van der Waals surface area (Å²) < 4.78 is 110. The second-order valence-electron chi connectivity index (χ2n) is 11.8. The molecule has 5 aromatic carbocycles. The van der Waals surface area contributed by atoms with Crippen molar-refractivity contribution in [2.24, 2.45) is 0 Å². The number of benzene rings is 5. The lowest BCUT2D eigenvalue weighted by molar-refractivity contribution is -0.310. The molecule has 0 N–H and O–H groups in total. The zero-order valence-electron chi connectivity index (χ0n) is 27.3. The molecule has 5 atom stereocenters. The maximum Gasteiger partial charge on any atom is 0.229 e. The third-order valence-electron chi connectivity index (χ3n) is 8.24. The Hall–Kier alpha value is -4.65. The molecule has 0 saturated carbocycles. The third-order valence-corrected chi connectivity index (χ3v) is 8.24. The Morgan fingerprint density at radius 3 is 1.25 bits per heavy atom. The van der Waals surface area contributed by atoms with Crippen LogP contribution in [0.15, 0.2) is 121 Å². The minimum absolute atomic E-state index is 0.0440. The normalized spacial score (nSPS) is 20.3. The minimum atomic E-state index is -2.32. The average Bonchev–Trinajstić information content (AvgIpc) is 3.17. The molecule has 1 saturated heterocycles. The summed E-state index contributed by atoms with van der Waals surface area (Å²) in [7, 11) is 0. The molecule has 0 aliphatic carbocycles. The standard InChI is InChI=1S/C40H35F5O6/c41-31-32(42)34(44)37(35(45)33(31)43)51-40-39(49-24-29-19-11-4-12-20-29)38(48-23-28-17-9-3-10-18-28)36(47-22-27-15-7-2-8-16-27)30(50-40)25-46-21-26-13-5-1-6-14-26/h1-20,30,36,38-40H,21-25H2/t30-,36-,38+,39-,40+/m1/s1. The van der Waals surface area contributed by atoms with E-state index < -0.39 is 65.5 Å². The van der Waals surface area contributed by atoms with Crippen LogP contribution in [-0.2, 0) is 50.1 Å². The molecule has 1 fully saturated rings. The Morgan fingerprint density at radius 2 is 0.804 bits per heavy atom. The van der Waals surface area contributed by atoms with Gasteiger partial charge in [-0.3, -0.25) is 0 Å². The van der Waals surface area contributed by atoms with Crippen LogP contribution >= 0.6 is 0 Å². The van der Waals surface area contributed by atoms with E-state index in [9.17, 15) is 13.2 Å². The summed E-state index contributed by atoms with van der Waals surface area (Å²) in [4.78, 5) is 0. The van der Waals surface area contributed by atoms with Crippen molar-refractivity contribution in [1.82, 2.24) is 0 Å². The number of rotatable bonds is 15. The fraction of sp³-hybridized carbons (Fsp3) is 0.250. The molecule has 5 aromatic rings. The monoisotopic (exact) mass is 706 g/mol. The van der Waals surface area contributed by atoms with Gasteiger partial charge in [0.15, 0.2) is 0 Å². The molecule has 1 aliphatic heterocycles. The van der Waals surface area contributed by atoms with Gasteiger partial charge in [0.2, 0.25) is 41.1 Å². The van der Waals surface area contributed by atoms with E-state index in [4.69, 9.17) is 28.4 Å². The highest BCUT2D eigenvalue weighted by Gasteiger charge is 2.50. The molecule has 11 heteroatoms.